The molecule has 26 heavy (non-hydrogen) atoms. The Bertz CT molecular complexity index is 749. The molecule has 2 aromatic rings. The van der Waals surface area contributed by atoms with Gasteiger partial charge in [-0.3, -0.25) is 0 Å². The molecular weight excluding hydrogens is 342 g/mol. The zero-order valence-electron chi connectivity index (χ0n) is 15.1. The number of hydrogen-bond donors (Lipinski definition) is 0. The molecular formula is C19H24F2N2O3. The van der Waals surface area contributed by atoms with Crippen molar-refractivity contribution < 1.29 is 23.0 Å². The predicted octanol–water partition coefficient (Wildman–Crippen LogP) is 4.48. The van der Waals surface area contributed by atoms with Crippen LogP contribution in [0.15, 0.2) is 18.2 Å². The van der Waals surface area contributed by atoms with Crippen LogP contribution in [0.2, 0.25) is 0 Å². The number of nitrogens with zero attached hydrogens (tertiary/aromatic N) is 2. The smallest absolute Gasteiger partial charge is 0.295 e. The van der Waals surface area contributed by atoms with Crippen LogP contribution >= 0.6 is 0 Å². The molecule has 1 aromatic carbocycles. The summed E-state index contributed by atoms with van der Waals surface area (Å²) in [5.74, 6) is -2.71. The van der Waals surface area contributed by atoms with Crippen LogP contribution < -0.4 is 9.47 Å². The van der Waals surface area contributed by atoms with Gasteiger partial charge in [0.25, 0.3) is 5.92 Å². The molecule has 0 radical (unpaired) electrons. The summed E-state index contributed by atoms with van der Waals surface area (Å²) in [4.78, 5) is 8.30. The van der Waals surface area contributed by atoms with Gasteiger partial charge >= 0.3 is 0 Å². The highest BCUT2D eigenvalue weighted by Crippen LogP contribution is 2.37. The molecule has 0 spiro atoms. The number of methoxy groups -OCH3 is 2. The zero-order valence-corrected chi connectivity index (χ0v) is 15.1. The van der Waals surface area contributed by atoms with Gasteiger partial charge in [0, 0.05) is 19.1 Å². The molecule has 1 heterocycles. The number of rotatable bonds is 8. The Morgan fingerprint density at radius 3 is 2.54 bits per heavy atom. The first-order chi connectivity index (χ1) is 12.5. The van der Waals surface area contributed by atoms with E-state index in [4.69, 9.17) is 14.2 Å². The molecule has 1 aromatic heterocycles. The molecule has 0 atom stereocenters. The summed E-state index contributed by atoms with van der Waals surface area (Å²) in [5, 5.41) is 0. The third kappa shape index (κ3) is 4.20. The van der Waals surface area contributed by atoms with Crippen molar-refractivity contribution in [1.29, 1.82) is 0 Å². The van der Waals surface area contributed by atoms with Gasteiger partial charge in [-0.15, -0.1) is 0 Å². The van der Waals surface area contributed by atoms with E-state index in [0.29, 0.717) is 23.4 Å². The minimum absolute atomic E-state index is 0.160. The Balaban J connectivity index is 1.73. The average molecular weight is 366 g/mol. The van der Waals surface area contributed by atoms with Crippen molar-refractivity contribution in [2.75, 3.05) is 20.8 Å². The summed E-state index contributed by atoms with van der Waals surface area (Å²) in [6, 6.07) is 4.92. The lowest BCUT2D eigenvalue weighted by Gasteiger charge is -2.19. The fourth-order valence-corrected chi connectivity index (χ4v) is 3.24. The van der Waals surface area contributed by atoms with Gasteiger partial charge in [-0.25, -0.2) is 9.97 Å². The summed E-state index contributed by atoms with van der Waals surface area (Å²) in [5.41, 5.74) is 0.396. The number of halogens is 2. The SMILES string of the molecule is COc1ccc2nc(C(F)(F)CCCOC3CCCC3)c(OC)nc2c1. The van der Waals surface area contributed by atoms with E-state index in [9.17, 15) is 8.78 Å². The monoisotopic (exact) mass is 366 g/mol. The number of fused-ring (bicyclic) bond motifs is 1. The molecule has 1 aliphatic rings. The fourth-order valence-electron chi connectivity index (χ4n) is 3.24. The normalized spacial score (nSPS) is 15.5. The van der Waals surface area contributed by atoms with Gasteiger partial charge in [-0.2, -0.15) is 8.78 Å². The Morgan fingerprint density at radius 1 is 1.08 bits per heavy atom. The molecule has 1 aliphatic carbocycles. The van der Waals surface area contributed by atoms with E-state index in [1.54, 1.807) is 18.2 Å². The van der Waals surface area contributed by atoms with Gasteiger partial charge in [-0.05, 0) is 31.4 Å². The maximum absolute atomic E-state index is 14.7. The van der Waals surface area contributed by atoms with Gasteiger partial charge in [0.1, 0.15) is 5.75 Å². The summed E-state index contributed by atoms with van der Waals surface area (Å²) in [6.07, 6.45) is 4.52. The average Bonchev–Trinajstić information content (AvgIpc) is 3.17. The second-order valence-corrected chi connectivity index (χ2v) is 6.52. The predicted molar refractivity (Wildman–Crippen MR) is 94.0 cm³/mol. The van der Waals surface area contributed by atoms with E-state index in [-0.39, 0.29) is 24.8 Å². The lowest BCUT2D eigenvalue weighted by molar-refractivity contribution is -0.0337. The molecule has 7 heteroatoms. The van der Waals surface area contributed by atoms with Crippen LogP contribution in [-0.2, 0) is 10.7 Å². The van der Waals surface area contributed by atoms with Gasteiger partial charge in [0.05, 0.1) is 31.4 Å². The molecule has 0 bridgehead atoms. The Labute approximate surface area is 151 Å². The van der Waals surface area contributed by atoms with Crippen LogP contribution in [0.5, 0.6) is 11.6 Å². The van der Waals surface area contributed by atoms with Crippen molar-refractivity contribution in [2.24, 2.45) is 0 Å². The molecule has 5 nitrogen and oxygen atoms in total. The van der Waals surface area contributed by atoms with E-state index in [0.717, 1.165) is 25.7 Å². The van der Waals surface area contributed by atoms with Crippen LogP contribution in [0, 0.1) is 0 Å². The second-order valence-electron chi connectivity index (χ2n) is 6.52. The van der Waals surface area contributed by atoms with Crippen molar-refractivity contribution in [1.82, 2.24) is 9.97 Å². The quantitative estimate of drug-likeness (QED) is 0.645. The summed E-state index contributed by atoms with van der Waals surface area (Å²) >= 11 is 0. The first-order valence-electron chi connectivity index (χ1n) is 8.93. The van der Waals surface area contributed by atoms with E-state index >= 15 is 0 Å². The highest BCUT2D eigenvalue weighted by Gasteiger charge is 2.37. The van der Waals surface area contributed by atoms with E-state index < -0.39 is 11.6 Å². The van der Waals surface area contributed by atoms with Crippen molar-refractivity contribution in [3.05, 3.63) is 23.9 Å². The van der Waals surface area contributed by atoms with Crippen molar-refractivity contribution in [2.45, 2.75) is 50.6 Å². The maximum atomic E-state index is 14.7. The molecule has 0 N–H and O–H groups in total. The summed E-state index contributed by atoms with van der Waals surface area (Å²) in [6.45, 7) is 0.334. The highest BCUT2D eigenvalue weighted by molar-refractivity contribution is 5.76. The van der Waals surface area contributed by atoms with Crippen molar-refractivity contribution in [3.8, 4) is 11.6 Å². The lowest BCUT2D eigenvalue weighted by Crippen LogP contribution is -2.19. The number of benzene rings is 1. The molecule has 3 rings (SSSR count). The van der Waals surface area contributed by atoms with Crippen LogP contribution in [-0.4, -0.2) is 36.9 Å². The molecule has 0 unspecified atom stereocenters. The molecule has 0 aliphatic heterocycles. The number of alkyl halides is 2. The largest absolute Gasteiger partial charge is 0.497 e. The van der Waals surface area contributed by atoms with Crippen molar-refractivity contribution in [3.63, 3.8) is 0 Å². The number of hydrogen-bond acceptors (Lipinski definition) is 5. The standard InChI is InChI=1S/C19H24F2N2O3/c1-24-14-8-9-15-16(12-14)23-18(25-2)17(22-15)19(20,21)10-5-11-26-13-6-3-4-7-13/h8-9,12-13H,3-7,10-11H2,1-2H3. The Hall–Kier alpha value is -2.02. The third-order valence-electron chi connectivity index (χ3n) is 4.67. The lowest BCUT2D eigenvalue weighted by atomic mass is 10.1. The van der Waals surface area contributed by atoms with Crippen LogP contribution in [0.25, 0.3) is 11.0 Å². The van der Waals surface area contributed by atoms with Crippen molar-refractivity contribution >= 4 is 11.0 Å². The number of ether oxygens (including phenoxy) is 3. The van der Waals surface area contributed by atoms with E-state index in [2.05, 4.69) is 9.97 Å². The molecule has 1 saturated carbocycles. The fraction of sp³-hybridized carbons (Fsp3) is 0.579. The van der Waals surface area contributed by atoms with Crippen LogP contribution in [0.3, 0.4) is 0 Å². The zero-order chi connectivity index (χ0) is 18.6. The second kappa shape index (κ2) is 8.12. The van der Waals surface area contributed by atoms with E-state index in [1.807, 2.05) is 0 Å². The molecule has 0 amide bonds. The van der Waals surface area contributed by atoms with Gasteiger partial charge in [0.2, 0.25) is 5.88 Å². The minimum atomic E-state index is -3.13. The Kier molecular flexibility index (Phi) is 5.86. The minimum Gasteiger partial charge on any atom is -0.497 e. The molecule has 142 valence electrons. The topological polar surface area (TPSA) is 53.5 Å². The van der Waals surface area contributed by atoms with E-state index in [1.165, 1.54) is 14.2 Å². The van der Waals surface area contributed by atoms with Gasteiger partial charge in [-0.1, -0.05) is 12.8 Å². The first kappa shape index (κ1) is 18.8. The Morgan fingerprint density at radius 2 is 1.85 bits per heavy atom. The van der Waals surface area contributed by atoms with Gasteiger partial charge < -0.3 is 14.2 Å². The third-order valence-corrected chi connectivity index (χ3v) is 4.67. The molecule has 0 saturated heterocycles. The summed E-state index contributed by atoms with van der Waals surface area (Å²) < 4.78 is 45.3. The van der Waals surface area contributed by atoms with Crippen LogP contribution in [0.4, 0.5) is 8.78 Å². The number of aromatic nitrogens is 2. The summed E-state index contributed by atoms with van der Waals surface area (Å²) in [7, 11) is 2.85. The van der Waals surface area contributed by atoms with Gasteiger partial charge in [0.15, 0.2) is 5.69 Å². The van der Waals surface area contributed by atoms with Crippen LogP contribution in [0.1, 0.15) is 44.2 Å². The highest BCUT2D eigenvalue weighted by atomic mass is 19.3. The maximum Gasteiger partial charge on any atom is 0.295 e. The molecule has 1 fully saturated rings. The first-order valence-corrected chi connectivity index (χ1v) is 8.93.